The zero-order valence-electron chi connectivity index (χ0n) is 8.67. The van der Waals surface area contributed by atoms with Crippen molar-refractivity contribution in [2.45, 2.75) is 20.3 Å². The minimum absolute atomic E-state index is 0.0931. The molecule has 0 saturated heterocycles. The van der Waals surface area contributed by atoms with Gasteiger partial charge in [0, 0.05) is 11.6 Å². The predicted molar refractivity (Wildman–Crippen MR) is 53.6 cm³/mol. The van der Waals surface area contributed by atoms with E-state index < -0.39 is 5.82 Å². The number of methoxy groups -OCH3 is 1. The molecule has 0 fully saturated rings. The highest BCUT2D eigenvalue weighted by atomic mass is 19.1. The number of hydrogen-bond acceptors (Lipinski definition) is 2. The third kappa shape index (κ3) is 3.44. The van der Waals surface area contributed by atoms with Crippen LogP contribution >= 0.6 is 0 Å². The summed E-state index contributed by atoms with van der Waals surface area (Å²) in [6, 6.07) is 6.34. The van der Waals surface area contributed by atoms with Crippen molar-refractivity contribution in [3.63, 3.8) is 0 Å². The fraction of sp³-hybridized carbons (Fsp3) is 0.364. The van der Waals surface area contributed by atoms with Crippen LogP contribution in [0.4, 0.5) is 4.39 Å². The Morgan fingerprint density at radius 1 is 1.43 bits per heavy atom. The summed E-state index contributed by atoms with van der Waals surface area (Å²) in [5, 5.41) is 8.32. The molecule has 0 aliphatic carbocycles. The van der Waals surface area contributed by atoms with Crippen LogP contribution in [-0.2, 0) is 6.42 Å². The molecule has 0 bridgehead atoms. The van der Waals surface area contributed by atoms with Gasteiger partial charge in [-0.2, -0.15) is 5.26 Å². The van der Waals surface area contributed by atoms with Crippen molar-refractivity contribution in [2.75, 3.05) is 7.11 Å². The maximum atomic E-state index is 13.0. The summed E-state index contributed by atoms with van der Waals surface area (Å²) < 4.78 is 17.8. The molecule has 3 heteroatoms. The highest BCUT2D eigenvalue weighted by Crippen LogP contribution is 2.16. The van der Waals surface area contributed by atoms with Gasteiger partial charge in [0.15, 0.2) is 0 Å². The Morgan fingerprint density at radius 2 is 2.07 bits per heavy atom. The Morgan fingerprint density at radius 3 is 2.50 bits per heavy atom. The minimum atomic E-state index is -0.393. The summed E-state index contributed by atoms with van der Waals surface area (Å²) in [6.45, 7) is 4.00. The lowest BCUT2D eigenvalue weighted by Gasteiger charge is -2.01. The number of nitrogens with zero attached hydrogens (tertiary/aromatic N) is 1. The van der Waals surface area contributed by atoms with Gasteiger partial charge in [-0.1, -0.05) is 19.9 Å². The van der Waals surface area contributed by atoms with Crippen LogP contribution in [0.2, 0.25) is 0 Å². The first-order chi connectivity index (χ1) is 6.77. The molecular weight excluding hydrogens is 181 g/mol. The number of hydrogen-bond donors (Lipinski definition) is 0. The minimum Gasteiger partial charge on any atom is -0.497 e. The molecule has 1 rings (SSSR count). The van der Waals surface area contributed by atoms with E-state index in [1.54, 1.807) is 12.1 Å². The molecule has 0 aliphatic heterocycles. The van der Waals surface area contributed by atoms with Crippen LogP contribution in [0.25, 0.3) is 0 Å². The van der Waals surface area contributed by atoms with E-state index in [2.05, 4.69) is 0 Å². The molecule has 1 aromatic carbocycles. The SMILES string of the molecule is CC.COc1ccc(CC#N)c(F)c1. The Hall–Kier alpha value is -1.56. The first-order valence-electron chi connectivity index (χ1n) is 4.47. The molecule has 0 unspecified atom stereocenters. The maximum absolute atomic E-state index is 13.0. The molecule has 0 atom stereocenters. The molecule has 0 saturated carbocycles. The largest absolute Gasteiger partial charge is 0.497 e. The Kier molecular flexibility index (Phi) is 6.13. The second kappa shape index (κ2) is 6.90. The number of halogens is 1. The lowest BCUT2D eigenvalue weighted by Crippen LogP contribution is -1.90. The van der Waals surface area contributed by atoms with Crippen molar-refractivity contribution in [3.05, 3.63) is 29.6 Å². The molecule has 0 aromatic heterocycles. The standard InChI is InChI=1S/C9H8FNO.C2H6/c1-12-8-3-2-7(4-5-11)9(10)6-8;1-2/h2-3,6H,4H2,1H3;1-2H3. The lowest BCUT2D eigenvalue weighted by molar-refractivity contribution is 0.411. The van der Waals surface area contributed by atoms with Crippen molar-refractivity contribution in [2.24, 2.45) is 0 Å². The summed E-state index contributed by atoms with van der Waals surface area (Å²) in [5.74, 6) is 0.0742. The van der Waals surface area contributed by atoms with Gasteiger partial charge in [-0.3, -0.25) is 0 Å². The molecule has 2 nitrogen and oxygen atoms in total. The maximum Gasteiger partial charge on any atom is 0.131 e. The van der Waals surface area contributed by atoms with E-state index in [0.29, 0.717) is 11.3 Å². The summed E-state index contributed by atoms with van der Waals surface area (Å²) >= 11 is 0. The lowest BCUT2D eigenvalue weighted by atomic mass is 10.1. The van der Waals surface area contributed by atoms with Gasteiger partial charge >= 0.3 is 0 Å². The molecule has 0 heterocycles. The van der Waals surface area contributed by atoms with Gasteiger partial charge in [-0.25, -0.2) is 4.39 Å². The second-order valence-electron chi connectivity index (χ2n) is 2.29. The van der Waals surface area contributed by atoms with E-state index in [1.165, 1.54) is 13.2 Å². The van der Waals surface area contributed by atoms with E-state index in [4.69, 9.17) is 10.00 Å². The van der Waals surface area contributed by atoms with Gasteiger partial charge in [-0.15, -0.1) is 0 Å². The van der Waals surface area contributed by atoms with Gasteiger partial charge in [0.2, 0.25) is 0 Å². The number of ether oxygens (including phenoxy) is 1. The van der Waals surface area contributed by atoms with Crippen molar-refractivity contribution >= 4 is 0 Å². The van der Waals surface area contributed by atoms with Crippen LogP contribution in [-0.4, -0.2) is 7.11 Å². The van der Waals surface area contributed by atoms with E-state index in [-0.39, 0.29) is 6.42 Å². The van der Waals surface area contributed by atoms with Crippen LogP contribution < -0.4 is 4.74 Å². The van der Waals surface area contributed by atoms with Gasteiger partial charge in [0.1, 0.15) is 11.6 Å². The van der Waals surface area contributed by atoms with Crippen LogP contribution in [0.3, 0.4) is 0 Å². The molecule has 76 valence electrons. The molecule has 0 amide bonds. The molecule has 0 aliphatic rings. The molecule has 14 heavy (non-hydrogen) atoms. The highest BCUT2D eigenvalue weighted by molar-refractivity contribution is 5.30. The first-order valence-corrected chi connectivity index (χ1v) is 4.47. The van der Waals surface area contributed by atoms with Crippen LogP contribution in [0.5, 0.6) is 5.75 Å². The van der Waals surface area contributed by atoms with Crippen LogP contribution in [0, 0.1) is 17.1 Å². The van der Waals surface area contributed by atoms with Crippen molar-refractivity contribution < 1.29 is 9.13 Å². The fourth-order valence-corrected chi connectivity index (χ4v) is 0.884. The molecule has 1 aromatic rings. The third-order valence-corrected chi connectivity index (χ3v) is 1.53. The summed E-state index contributed by atoms with van der Waals surface area (Å²) in [7, 11) is 1.47. The van der Waals surface area contributed by atoms with Crippen molar-refractivity contribution in [1.82, 2.24) is 0 Å². The average Bonchev–Trinajstić information content (AvgIpc) is 2.24. The number of benzene rings is 1. The normalized spacial score (nSPS) is 8.21. The highest BCUT2D eigenvalue weighted by Gasteiger charge is 2.02. The molecular formula is C11H14FNO. The van der Waals surface area contributed by atoms with Gasteiger partial charge in [0.05, 0.1) is 19.6 Å². The van der Waals surface area contributed by atoms with Gasteiger partial charge < -0.3 is 4.74 Å². The van der Waals surface area contributed by atoms with E-state index in [1.807, 2.05) is 19.9 Å². The summed E-state index contributed by atoms with van der Waals surface area (Å²) in [4.78, 5) is 0. The first kappa shape index (κ1) is 12.4. The quantitative estimate of drug-likeness (QED) is 0.726. The molecule has 0 N–H and O–H groups in total. The Labute approximate surface area is 83.9 Å². The third-order valence-electron chi connectivity index (χ3n) is 1.53. The van der Waals surface area contributed by atoms with Crippen molar-refractivity contribution in [1.29, 1.82) is 5.26 Å². The second-order valence-corrected chi connectivity index (χ2v) is 2.29. The van der Waals surface area contributed by atoms with E-state index in [9.17, 15) is 4.39 Å². The van der Waals surface area contributed by atoms with E-state index >= 15 is 0 Å². The topological polar surface area (TPSA) is 33.0 Å². The summed E-state index contributed by atoms with van der Waals surface area (Å²) in [6.07, 6.45) is 0.0931. The van der Waals surface area contributed by atoms with Crippen LogP contribution in [0.1, 0.15) is 19.4 Å². The van der Waals surface area contributed by atoms with Gasteiger partial charge in [-0.05, 0) is 6.07 Å². The molecule has 0 spiro atoms. The number of nitriles is 1. The zero-order chi connectivity index (χ0) is 11.0. The monoisotopic (exact) mass is 195 g/mol. The van der Waals surface area contributed by atoms with Crippen molar-refractivity contribution in [3.8, 4) is 11.8 Å². The average molecular weight is 195 g/mol. The number of rotatable bonds is 2. The van der Waals surface area contributed by atoms with Crippen LogP contribution in [0.15, 0.2) is 18.2 Å². The molecule has 0 radical (unpaired) electrons. The zero-order valence-corrected chi connectivity index (χ0v) is 8.67. The van der Waals surface area contributed by atoms with Gasteiger partial charge in [0.25, 0.3) is 0 Å². The smallest absolute Gasteiger partial charge is 0.131 e. The fourth-order valence-electron chi connectivity index (χ4n) is 0.884. The summed E-state index contributed by atoms with van der Waals surface area (Å²) in [5.41, 5.74) is 0.401. The Balaban J connectivity index is 0.000000791. The van der Waals surface area contributed by atoms with E-state index in [0.717, 1.165) is 0 Å². The Bertz CT molecular complexity index is 318. The predicted octanol–water partition coefficient (Wildman–Crippen LogP) is 2.93.